The van der Waals surface area contributed by atoms with E-state index in [-0.39, 0.29) is 29.7 Å². The van der Waals surface area contributed by atoms with Gasteiger partial charge in [0.05, 0.1) is 23.5 Å². The third-order valence-electron chi connectivity index (χ3n) is 4.48. The number of hydrogen-bond donors (Lipinski definition) is 0. The Hall–Kier alpha value is -1.93. The highest BCUT2D eigenvalue weighted by atomic mass is 32.2. The van der Waals surface area contributed by atoms with Crippen molar-refractivity contribution in [2.45, 2.75) is 51.6 Å². The van der Waals surface area contributed by atoms with Crippen molar-refractivity contribution in [2.75, 3.05) is 18.8 Å². The number of ether oxygens (including phenoxy) is 1. The van der Waals surface area contributed by atoms with Crippen LogP contribution in [0.2, 0.25) is 0 Å². The first-order chi connectivity index (χ1) is 13.3. The first kappa shape index (κ1) is 20.8. The molecule has 8 heteroatoms. The Morgan fingerprint density at radius 3 is 2.57 bits per heavy atom. The molecular formula is C20H27FN4O2S. The maximum atomic E-state index is 14.3. The van der Waals surface area contributed by atoms with Crippen molar-refractivity contribution in [3.63, 3.8) is 0 Å². The minimum atomic E-state index is -0.330. The number of carbonyl (C=O) groups excluding carboxylic acids is 1. The van der Waals surface area contributed by atoms with E-state index in [4.69, 9.17) is 4.74 Å². The molecule has 0 N–H and O–H groups in total. The molecule has 6 nitrogen and oxygen atoms in total. The first-order valence-corrected chi connectivity index (χ1v) is 10.6. The fourth-order valence-corrected chi connectivity index (χ4v) is 4.22. The van der Waals surface area contributed by atoms with Gasteiger partial charge in [-0.15, -0.1) is 10.2 Å². The molecule has 0 spiro atoms. The van der Waals surface area contributed by atoms with Crippen LogP contribution in [0.4, 0.5) is 4.39 Å². The van der Waals surface area contributed by atoms with Crippen molar-refractivity contribution >= 4 is 17.7 Å². The second-order valence-corrected chi connectivity index (χ2v) is 8.58. The zero-order valence-electron chi connectivity index (χ0n) is 16.8. The number of rotatable bonds is 6. The summed E-state index contributed by atoms with van der Waals surface area (Å²) in [5.41, 5.74) is 0.421. The molecule has 2 aromatic rings. The summed E-state index contributed by atoms with van der Waals surface area (Å²) in [6.07, 6.45) is 0.0740. The fourth-order valence-electron chi connectivity index (χ4n) is 3.37. The van der Waals surface area contributed by atoms with Gasteiger partial charge in [0.1, 0.15) is 5.82 Å². The second-order valence-electron chi connectivity index (χ2n) is 7.64. The highest BCUT2D eigenvalue weighted by molar-refractivity contribution is 7.99. The van der Waals surface area contributed by atoms with Crippen LogP contribution in [0.25, 0.3) is 11.4 Å². The molecule has 0 saturated carbocycles. The van der Waals surface area contributed by atoms with Gasteiger partial charge in [-0.1, -0.05) is 37.7 Å². The van der Waals surface area contributed by atoms with Crippen LogP contribution in [-0.4, -0.2) is 56.6 Å². The van der Waals surface area contributed by atoms with E-state index in [1.165, 1.54) is 17.8 Å². The quantitative estimate of drug-likeness (QED) is 0.688. The summed E-state index contributed by atoms with van der Waals surface area (Å²) in [6, 6.07) is 6.55. The number of halogens is 1. The molecule has 1 amide bonds. The Kier molecular flexibility index (Phi) is 6.72. The number of thioether (sulfide) groups is 1. The van der Waals surface area contributed by atoms with Gasteiger partial charge >= 0.3 is 0 Å². The van der Waals surface area contributed by atoms with Gasteiger partial charge in [-0.3, -0.25) is 4.79 Å². The Morgan fingerprint density at radius 2 is 1.93 bits per heavy atom. The van der Waals surface area contributed by atoms with E-state index in [2.05, 4.69) is 24.0 Å². The molecule has 0 bridgehead atoms. The molecule has 1 fully saturated rings. The lowest BCUT2D eigenvalue weighted by Gasteiger charge is -2.35. The van der Waals surface area contributed by atoms with Gasteiger partial charge in [-0.2, -0.15) is 0 Å². The van der Waals surface area contributed by atoms with Crippen LogP contribution in [0.5, 0.6) is 0 Å². The maximum absolute atomic E-state index is 14.3. The minimum absolute atomic E-state index is 0.0370. The minimum Gasteiger partial charge on any atom is -0.372 e. The molecule has 1 aromatic carbocycles. The van der Waals surface area contributed by atoms with Gasteiger partial charge in [0.25, 0.3) is 0 Å². The molecule has 0 aliphatic carbocycles. The van der Waals surface area contributed by atoms with Gasteiger partial charge in [0.15, 0.2) is 11.0 Å². The summed E-state index contributed by atoms with van der Waals surface area (Å²) < 4.78 is 21.9. The molecule has 28 heavy (non-hydrogen) atoms. The van der Waals surface area contributed by atoms with Crippen molar-refractivity contribution in [2.24, 2.45) is 5.92 Å². The Morgan fingerprint density at radius 1 is 1.25 bits per heavy atom. The monoisotopic (exact) mass is 406 g/mol. The maximum Gasteiger partial charge on any atom is 0.233 e. The van der Waals surface area contributed by atoms with E-state index >= 15 is 0 Å². The summed E-state index contributed by atoms with van der Waals surface area (Å²) in [6.45, 7) is 9.97. The van der Waals surface area contributed by atoms with Gasteiger partial charge in [-0.25, -0.2) is 4.39 Å². The van der Waals surface area contributed by atoms with E-state index in [0.29, 0.717) is 42.1 Å². The zero-order valence-corrected chi connectivity index (χ0v) is 17.6. The van der Waals surface area contributed by atoms with Crippen molar-refractivity contribution in [3.8, 4) is 11.4 Å². The van der Waals surface area contributed by atoms with Crippen molar-refractivity contribution in [3.05, 3.63) is 30.1 Å². The molecule has 1 aliphatic rings. The van der Waals surface area contributed by atoms with Crippen LogP contribution >= 0.6 is 11.8 Å². The molecular weight excluding hydrogens is 379 g/mol. The SMILES string of the molecule is CC(C)Cn1c(SCC(=O)N2CC(C)OC(C)C2)nnc1-c1ccccc1F. The van der Waals surface area contributed by atoms with Crippen LogP contribution in [0, 0.1) is 11.7 Å². The Bertz CT molecular complexity index is 816. The lowest BCUT2D eigenvalue weighted by atomic mass is 10.2. The average Bonchev–Trinajstić information content (AvgIpc) is 3.01. The number of nitrogens with zero attached hydrogens (tertiary/aromatic N) is 4. The molecule has 1 aromatic heterocycles. The fraction of sp³-hybridized carbons (Fsp3) is 0.550. The molecule has 1 saturated heterocycles. The van der Waals surface area contributed by atoms with Gasteiger partial charge in [-0.05, 0) is 31.9 Å². The molecule has 2 atom stereocenters. The molecule has 2 heterocycles. The number of hydrogen-bond acceptors (Lipinski definition) is 5. The number of amides is 1. The number of carbonyl (C=O) groups is 1. The highest BCUT2D eigenvalue weighted by Gasteiger charge is 2.26. The Labute approximate surface area is 169 Å². The molecule has 3 rings (SSSR count). The van der Waals surface area contributed by atoms with Crippen LogP contribution < -0.4 is 0 Å². The van der Waals surface area contributed by atoms with E-state index in [0.717, 1.165) is 0 Å². The van der Waals surface area contributed by atoms with E-state index < -0.39 is 0 Å². The van der Waals surface area contributed by atoms with E-state index in [1.54, 1.807) is 18.2 Å². The lowest BCUT2D eigenvalue weighted by Crippen LogP contribution is -2.48. The molecule has 0 radical (unpaired) electrons. The zero-order chi connectivity index (χ0) is 20.3. The second kappa shape index (κ2) is 9.05. The first-order valence-electron chi connectivity index (χ1n) is 9.59. The van der Waals surface area contributed by atoms with Crippen molar-refractivity contribution < 1.29 is 13.9 Å². The van der Waals surface area contributed by atoms with Crippen molar-refractivity contribution in [1.82, 2.24) is 19.7 Å². The van der Waals surface area contributed by atoms with Crippen LogP contribution in [-0.2, 0) is 16.1 Å². The summed E-state index contributed by atoms with van der Waals surface area (Å²) in [4.78, 5) is 14.5. The van der Waals surface area contributed by atoms with Crippen LogP contribution in [0.3, 0.4) is 0 Å². The molecule has 2 unspecified atom stereocenters. The standard InChI is InChI=1S/C20H27FN4O2S/c1-13(2)9-25-19(16-7-5-6-8-17(16)21)22-23-20(25)28-12-18(26)24-10-14(3)27-15(4)11-24/h5-8,13-15H,9-12H2,1-4H3. The number of morpholine rings is 1. The summed E-state index contributed by atoms with van der Waals surface area (Å²) in [5.74, 6) is 0.822. The van der Waals surface area contributed by atoms with E-state index in [1.807, 2.05) is 23.3 Å². The van der Waals surface area contributed by atoms with Crippen LogP contribution in [0.15, 0.2) is 29.4 Å². The predicted molar refractivity (Wildman–Crippen MR) is 108 cm³/mol. The number of aromatic nitrogens is 3. The largest absolute Gasteiger partial charge is 0.372 e. The van der Waals surface area contributed by atoms with E-state index in [9.17, 15) is 9.18 Å². The molecule has 152 valence electrons. The predicted octanol–water partition coefficient (Wildman–Crippen LogP) is 3.47. The smallest absolute Gasteiger partial charge is 0.233 e. The normalized spacial score (nSPS) is 20.0. The third kappa shape index (κ3) is 4.91. The lowest BCUT2D eigenvalue weighted by molar-refractivity contribution is -0.140. The number of benzene rings is 1. The third-order valence-corrected chi connectivity index (χ3v) is 5.43. The average molecular weight is 407 g/mol. The summed E-state index contributed by atoms with van der Waals surface area (Å²) in [5, 5.41) is 9.10. The van der Waals surface area contributed by atoms with Crippen molar-refractivity contribution in [1.29, 1.82) is 0 Å². The van der Waals surface area contributed by atoms with Gasteiger partial charge < -0.3 is 14.2 Å². The summed E-state index contributed by atoms with van der Waals surface area (Å²) in [7, 11) is 0. The van der Waals surface area contributed by atoms with Gasteiger partial charge in [0, 0.05) is 19.6 Å². The van der Waals surface area contributed by atoms with Crippen LogP contribution in [0.1, 0.15) is 27.7 Å². The Balaban J connectivity index is 1.77. The highest BCUT2D eigenvalue weighted by Crippen LogP contribution is 2.27. The van der Waals surface area contributed by atoms with Gasteiger partial charge in [0.2, 0.25) is 5.91 Å². The topological polar surface area (TPSA) is 60.2 Å². The molecule has 1 aliphatic heterocycles. The summed E-state index contributed by atoms with van der Waals surface area (Å²) >= 11 is 1.35.